The lowest BCUT2D eigenvalue weighted by Crippen LogP contribution is -2.39. The summed E-state index contributed by atoms with van der Waals surface area (Å²) in [5, 5.41) is 0. The Morgan fingerprint density at radius 2 is 2.19 bits per heavy atom. The van der Waals surface area contributed by atoms with Gasteiger partial charge < -0.3 is 9.47 Å². The van der Waals surface area contributed by atoms with Crippen LogP contribution in [0.15, 0.2) is 17.2 Å². The third-order valence-corrected chi connectivity index (χ3v) is 3.57. The fourth-order valence-corrected chi connectivity index (χ4v) is 2.31. The van der Waals surface area contributed by atoms with E-state index < -0.39 is 0 Å². The van der Waals surface area contributed by atoms with Gasteiger partial charge in [0.05, 0.1) is 0 Å². The predicted octanol–water partition coefficient (Wildman–Crippen LogP) is 1.24. The molecule has 0 spiro atoms. The van der Waals surface area contributed by atoms with Crippen molar-refractivity contribution >= 4 is 17.4 Å². The zero-order valence-corrected chi connectivity index (χ0v) is 10.2. The molecule has 0 radical (unpaired) electrons. The number of hydrogen-bond acceptors (Lipinski definition) is 3. The second-order valence-corrected chi connectivity index (χ2v) is 4.56. The molecule has 1 aliphatic heterocycles. The van der Waals surface area contributed by atoms with Gasteiger partial charge in [0, 0.05) is 38.4 Å². The number of aromatic nitrogens is 2. The van der Waals surface area contributed by atoms with Gasteiger partial charge in [-0.3, -0.25) is 4.79 Å². The molecule has 1 aromatic heterocycles. The average molecular weight is 242 g/mol. The molecule has 0 bridgehead atoms. The molecule has 16 heavy (non-hydrogen) atoms. The number of aryl methyl sites for hydroxylation is 1. The number of halogens is 1. The zero-order chi connectivity index (χ0) is 11.5. The molecule has 0 amide bonds. The molecule has 88 valence electrons. The Morgan fingerprint density at radius 1 is 1.50 bits per heavy atom. The number of alkyl halides is 1. The Morgan fingerprint density at radius 3 is 2.81 bits per heavy atom. The van der Waals surface area contributed by atoms with Crippen molar-refractivity contribution in [3.63, 3.8) is 0 Å². The van der Waals surface area contributed by atoms with Gasteiger partial charge in [-0.15, -0.1) is 11.6 Å². The van der Waals surface area contributed by atoms with Gasteiger partial charge in [-0.25, -0.2) is 4.98 Å². The highest BCUT2D eigenvalue weighted by Crippen LogP contribution is 2.20. The van der Waals surface area contributed by atoms with Crippen LogP contribution in [0.4, 0.5) is 5.82 Å². The van der Waals surface area contributed by atoms with Gasteiger partial charge >= 0.3 is 0 Å². The number of hydrogen-bond donors (Lipinski definition) is 0. The Kier molecular flexibility index (Phi) is 3.49. The maximum Gasteiger partial charge on any atom is 0.293 e. The second-order valence-electron chi connectivity index (χ2n) is 4.25. The van der Waals surface area contributed by atoms with Crippen molar-refractivity contribution in [1.82, 2.24) is 9.55 Å². The van der Waals surface area contributed by atoms with E-state index in [-0.39, 0.29) is 5.56 Å². The van der Waals surface area contributed by atoms with E-state index in [1.165, 1.54) is 0 Å². The fraction of sp³-hybridized carbons (Fsp3) is 0.636. The van der Waals surface area contributed by atoms with E-state index in [1.54, 1.807) is 24.0 Å². The standard InChI is InChI=1S/C11H16ClN3O/c1-14-7-4-13-10(11(14)16)15-5-2-9(8-12)3-6-15/h4,7,9H,2-3,5-6,8H2,1H3. The summed E-state index contributed by atoms with van der Waals surface area (Å²) in [5.41, 5.74) is -0.0215. The summed E-state index contributed by atoms with van der Waals surface area (Å²) in [5.74, 6) is 1.87. The normalized spacial score (nSPS) is 17.8. The number of nitrogens with zero attached hydrogens (tertiary/aromatic N) is 3. The first-order chi connectivity index (χ1) is 7.72. The summed E-state index contributed by atoms with van der Waals surface area (Å²) in [4.78, 5) is 18.1. The molecule has 0 N–H and O–H groups in total. The van der Waals surface area contributed by atoms with Crippen LogP contribution in [0.25, 0.3) is 0 Å². The van der Waals surface area contributed by atoms with E-state index in [1.807, 2.05) is 0 Å². The van der Waals surface area contributed by atoms with Crippen LogP contribution >= 0.6 is 11.6 Å². The van der Waals surface area contributed by atoms with Gasteiger partial charge in [0.25, 0.3) is 5.56 Å². The first-order valence-electron chi connectivity index (χ1n) is 5.55. The van der Waals surface area contributed by atoms with E-state index in [0.717, 1.165) is 25.9 Å². The Hall–Kier alpha value is -1.03. The molecule has 0 unspecified atom stereocenters. The van der Waals surface area contributed by atoms with Crippen LogP contribution in [0.5, 0.6) is 0 Å². The molecule has 2 rings (SSSR count). The molecule has 0 aromatic carbocycles. The second kappa shape index (κ2) is 4.87. The molecule has 2 heterocycles. The lowest BCUT2D eigenvalue weighted by Gasteiger charge is -2.31. The SMILES string of the molecule is Cn1ccnc(N2CCC(CCl)CC2)c1=O. The summed E-state index contributed by atoms with van der Waals surface area (Å²) < 4.78 is 1.57. The van der Waals surface area contributed by atoms with Gasteiger partial charge in [0.15, 0.2) is 5.82 Å². The van der Waals surface area contributed by atoms with Crippen molar-refractivity contribution in [3.05, 3.63) is 22.7 Å². The largest absolute Gasteiger partial charge is 0.352 e. The summed E-state index contributed by atoms with van der Waals surface area (Å²) in [7, 11) is 1.75. The molecule has 1 saturated heterocycles. The first-order valence-corrected chi connectivity index (χ1v) is 6.08. The smallest absolute Gasteiger partial charge is 0.293 e. The van der Waals surface area contributed by atoms with Crippen molar-refractivity contribution in [2.45, 2.75) is 12.8 Å². The molecule has 4 nitrogen and oxygen atoms in total. The number of anilines is 1. The number of rotatable bonds is 2. The molecule has 0 aliphatic carbocycles. The summed E-state index contributed by atoms with van der Waals surface area (Å²) in [6, 6.07) is 0. The highest BCUT2D eigenvalue weighted by molar-refractivity contribution is 6.18. The predicted molar refractivity (Wildman–Crippen MR) is 65.1 cm³/mol. The van der Waals surface area contributed by atoms with Crippen molar-refractivity contribution in [2.75, 3.05) is 23.9 Å². The first kappa shape index (κ1) is 11.5. The minimum absolute atomic E-state index is 0.0215. The molecule has 0 saturated carbocycles. The van der Waals surface area contributed by atoms with E-state index in [0.29, 0.717) is 17.6 Å². The fourth-order valence-electron chi connectivity index (χ4n) is 2.00. The van der Waals surface area contributed by atoms with Crippen LogP contribution in [0.2, 0.25) is 0 Å². The third kappa shape index (κ3) is 2.21. The minimum Gasteiger partial charge on any atom is -0.352 e. The van der Waals surface area contributed by atoms with Crippen molar-refractivity contribution < 1.29 is 0 Å². The van der Waals surface area contributed by atoms with Gasteiger partial charge in [0.2, 0.25) is 0 Å². The van der Waals surface area contributed by atoms with Crippen LogP contribution in [0.1, 0.15) is 12.8 Å². The van der Waals surface area contributed by atoms with Gasteiger partial charge in [-0.1, -0.05) is 0 Å². The van der Waals surface area contributed by atoms with Crippen LogP contribution in [-0.2, 0) is 7.05 Å². The van der Waals surface area contributed by atoms with Crippen LogP contribution in [-0.4, -0.2) is 28.5 Å². The Labute approximate surface area is 99.9 Å². The van der Waals surface area contributed by atoms with E-state index in [2.05, 4.69) is 9.88 Å². The monoisotopic (exact) mass is 241 g/mol. The molecule has 1 fully saturated rings. The van der Waals surface area contributed by atoms with Crippen molar-refractivity contribution in [3.8, 4) is 0 Å². The Bertz CT molecular complexity index is 410. The van der Waals surface area contributed by atoms with Crippen molar-refractivity contribution in [1.29, 1.82) is 0 Å². The van der Waals surface area contributed by atoms with Crippen LogP contribution in [0, 0.1) is 5.92 Å². The molecule has 1 aliphatic rings. The summed E-state index contributed by atoms with van der Waals surface area (Å²) in [6.45, 7) is 1.76. The molecular weight excluding hydrogens is 226 g/mol. The molecule has 1 aromatic rings. The highest BCUT2D eigenvalue weighted by atomic mass is 35.5. The van der Waals surface area contributed by atoms with Crippen LogP contribution < -0.4 is 10.5 Å². The van der Waals surface area contributed by atoms with Gasteiger partial charge in [-0.2, -0.15) is 0 Å². The van der Waals surface area contributed by atoms with E-state index in [4.69, 9.17) is 11.6 Å². The van der Waals surface area contributed by atoms with Gasteiger partial charge in [0.1, 0.15) is 0 Å². The maximum atomic E-state index is 11.9. The Balaban J connectivity index is 2.14. The zero-order valence-electron chi connectivity index (χ0n) is 9.40. The van der Waals surface area contributed by atoms with E-state index in [9.17, 15) is 4.79 Å². The average Bonchev–Trinajstić information content (AvgIpc) is 2.33. The quantitative estimate of drug-likeness (QED) is 0.732. The topological polar surface area (TPSA) is 38.1 Å². The van der Waals surface area contributed by atoms with Crippen LogP contribution in [0.3, 0.4) is 0 Å². The van der Waals surface area contributed by atoms with Gasteiger partial charge in [-0.05, 0) is 18.8 Å². The molecule has 5 heteroatoms. The maximum absolute atomic E-state index is 11.9. The summed E-state index contributed by atoms with van der Waals surface area (Å²) >= 11 is 5.83. The molecule has 0 atom stereocenters. The molecular formula is C11H16ClN3O. The lowest BCUT2D eigenvalue weighted by molar-refractivity contribution is 0.439. The lowest BCUT2D eigenvalue weighted by atomic mass is 9.99. The van der Waals surface area contributed by atoms with Crippen molar-refractivity contribution in [2.24, 2.45) is 13.0 Å². The summed E-state index contributed by atoms with van der Waals surface area (Å²) in [6.07, 6.45) is 5.44. The third-order valence-electron chi connectivity index (χ3n) is 3.13. The number of piperidine rings is 1. The highest BCUT2D eigenvalue weighted by Gasteiger charge is 2.21. The minimum atomic E-state index is -0.0215. The van der Waals surface area contributed by atoms with E-state index >= 15 is 0 Å².